The molecule has 0 heterocycles. The number of hydrogen-bond donors (Lipinski definition) is 1. The third-order valence-electron chi connectivity index (χ3n) is 3.48. The van der Waals surface area contributed by atoms with Gasteiger partial charge >= 0.3 is 0 Å². The summed E-state index contributed by atoms with van der Waals surface area (Å²) in [5, 5.41) is 2.93. The average Bonchev–Trinajstić information content (AvgIpc) is 2.24. The third-order valence-corrected chi connectivity index (χ3v) is 3.48. The van der Waals surface area contributed by atoms with E-state index in [9.17, 15) is 9.59 Å². The highest BCUT2D eigenvalue weighted by molar-refractivity contribution is 5.93. The Labute approximate surface area is 102 Å². The minimum Gasteiger partial charge on any atom is -0.356 e. The molecule has 1 saturated carbocycles. The van der Waals surface area contributed by atoms with Crippen molar-refractivity contribution in [3.05, 3.63) is 23.8 Å². The number of amides is 1. The molecule has 3 nitrogen and oxygen atoms in total. The summed E-state index contributed by atoms with van der Waals surface area (Å²) >= 11 is 0. The van der Waals surface area contributed by atoms with E-state index in [-0.39, 0.29) is 11.7 Å². The normalized spacial score (nSPS) is 19.8. The van der Waals surface area contributed by atoms with Gasteiger partial charge in [-0.25, -0.2) is 0 Å². The Kier molecular flexibility index (Phi) is 4.13. The van der Waals surface area contributed by atoms with Crippen LogP contribution in [-0.2, 0) is 9.59 Å². The van der Waals surface area contributed by atoms with E-state index in [4.69, 9.17) is 0 Å². The molecule has 0 aromatic rings. The second kappa shape index (κ2) is 5.80. The Hall–Kier alpha value is -1.38. The smallest absolute Gasteiger partial charge is 0.220 e. The van der Waals surface area contributed by atoms with E-state index >= 15 is 0 Å². The number of carbonyl (C=O) groups is 2. The highest BCUT2D eigenvalue weighted by Crippen LogP contribution is 2.29. The van der Waals surface area contributed by atoms with Crippen LogP contribution in [0.15, 0.2) is 23.8 Å². The topological polar surface area (TPSA) is 46.2 Å². The predicted octanol–water partition coefficient (Wildman–Crippen LogP) is 2.14. The molecule has 1 amide bonds. The average molecular weight is 233 g/mol. The maximum atomic E-state index is 11.5. The number of nitrogens with one attached hydrogen (secondary N) is 1. The molecule has 92 valence electrons. The van der Waals surface area contributed by atoms with Crippen molar-refractivity contribution in [2.75, 3.05) is 6.54 Å². The van der Waals surface area contributed by atoms with Crippen molar-refractivity contribution in [1.82, 2.24) is 5.32 Å². The molecule has 0 aromatic carbocycles. The van der Waals surface area contributed by atoms with Crippen molar-refractivity contribution in [1.29, 1.82) is 0 Å². The molecule has 0 aliphatic heterocycles. The van der Waals surface area contributed by atoms with Gasteiger partial charge in [-0.15, -0.1) is 0 Å². The van der Waals surface area contributed by atoms with E-state index in [1.54, 1.807) is 12.2 Å². The van der Waals surface area contributed by atoms with Crippen molar-refractivity contribution in [2.24, 2.45) is 5.92 Å². The van der Waals surface area contributed by atoms with Crippen LogP contribution in [0.1, 0.15) is 38.5 Å². The van der Waals surface area contributed by atoms with Crippen LogP contribution in [0.4, 0.5) is 0 Å². The van der Waals surface area contributed by atoms with E-state index in [0.717, 1.165) is 12.0 Å². The largest absolute Gasteiger partial charge is 0.356 e. The van der Waals surface area contributed by atoms with E-state index < -0.39 is 0 Å². The lowest BCUT2D eigenvalue weighted by Gasteiger charge is -2.24. The Bertz CT molecular complexity index is 364. The summed E-state index contributed by atoms with van der Waals surface area (Å²) in [6.07, 6.45) is 11.0. The molecule has 0 atom stereocenters. The maximum Gasteiger partial charge on any atom is 0.220 e. The molecule has 1 fully saturated rings. The third kappa shape index (κ3) is 3.84. The molecular weight excluding hydrogens is 214 g/mol. The van der Waals surface area contributed by atoms with Gasteiger partial charge in [0.05, 0.1) is 0 Å². The van der Waals surface area contributed by atoms with E-state index in [1.807, 2.05) is 6.08 Å². The van der Waals surface area contributed by atoms with E-state index in [1.165, 1.54) is 19.3 Å². The molecule has 0 unspecified atom stereocenters. The van der Waals surface area contributed by atoms with Crippen molar-refractivity contribution >= 4 is 11.7 Å². The SMILES string of the molecule is O=C1C=CC=C(CCNC(=O)CC2CCC2)C1. The summed E-state index contributed by atoms with van der Waals surface area (Å²) in [6.45, 7) is 0.651. The number of rotatable bonds is 5. The second-order valence-electron chi connectivity index (χ2n) is 4.93. The van der Waals surface area contributed by atoms with Gasteiger partial charge in [-0.1, -0.05) is 24.1 Å². The van der Waals surface area contributed by atoms with Gasteiger partial charge in [-0.05, 0) is 31.3 Å². The summed E-state index contributed by atoms with van der Waals surface area (Å²) in [5.74, 6) is 0.935. The summed E-state index contributed by atoms with van der Waals surface area (Å²) in [5.41, 5.74) is 1.11. The molecule has 0 spiro atoms. The van der Waals surface area contributed by atoms with E-state index in [0.29, 0.717) is 25.3 Å². The van der Waals surface area contributed by atoms with Crippen LogP contribution in [0.2, 0.25) is 0 Å². The molecule has 0 saturated heterocycles. The molecule has 17 heavy (non-hydrogen) atoms. The van der Waals surface area contributed by atoms with Crippen molar-refractivity contribution < 1.29 is 9.59 Å². The van der Waals surface area contributed by atoms with Crippen LogP contribution in [-0.4, -0.2) is 18.2 Å². The van der Waals surface area contributed by atoms with Gasteiger partial charge in [-0.3, -0.25) is 9.59 Å². The Morgan fingerprint density at radius 1 is 1.41 bits per heavy atom. The highest BCUT2D eigenvalue weighted by Gasteiger charge is 2.20. The summed E-state index contributed by atoms with van der Waals surface area (Å²) in [7, 11) is 0. The quantitative estimate of drug-likeness (QED) is 0.790. The fourth-order valence-corrected chi connectivity index (χ4v) is 2.20. The molecule has 0 radical (unpaired) electrons. The second-order valence-corrected chi connectivity index (χ2v) is 4.93. The van der Waals surface area contributed by atoms with Gasteiger partial charge in [0.25, 0.3) is 0 Å². The number of carbonyl (C=O) groups excluding carboxylic acids is 2. The van der Waals surface area contributed by atoms with Gasteiger partial charge in [0.15, 0.2) is 5.78 Å². The number of hydrogen-bond acceptors (Lipinski definition) is 2. The van der Waals surface area contributed by atoms with Gasteiger partial charge < -0.3 is 5.32 Å². The van der Waals surface area contributed by atoms with Crippen LogP contribution in [0.3, 0.4) is 0 Å². The van der Waals surface area contributed by atoms with Crippen molar-refractivity contribution in [2.45, 2.75) is 38.5 Å². The number of ketones is 1. The monoisotopic (exact) mass is 233 g/mol. The molecule has 2 aliphatic rings. The van der Waals surface area contributed by atoms with Gasteiger partial charge in [0.1, 0.15) is 0 Å². The number of allylic oxidation sites excluding steroid dienone is 3. The minimum atomic E-state index is 0.156. The molecule has 1 N–H and O–H groups in total. The lowest BCUT2D eigenvalue weighted by molar-refractivity contribution is -0.122. The standard InChI is InChI=1S/C14H19NO2/c16-13-6-2-5-12(9-13)7-8-15-14(17)10-11-3-1-4-11/h2,5-6,11H,1,3-4,7-10H2,(H,15,17). The van der Waals surface area contributed by atoms with Crippen LogP contribution in [0, 0.1) is 5.92 Å². The maximum absolute atomic E-state index is 11.5. The lowest BCUT2D eigenvalue weighted by Crippen LogP contribution is -2.28. The first-order chi connectivity index (χ1) is 8.24. The van der Waals surface area contributed by atoms with Crippen LogP contribution in [0.5, 0.6) is 0 Å². The predicted molar refractivity (Wildman–Crippen MR) is 66.4 cm³/mol. The molecular formula is C14H19NO2. The zero-order chi connectivity index (χ0) is 12.1. The Balaban J connectivity index is 1.62. The van der Waals surface area contributed by atoms with Crippen LogP contribution < -0.4 is 5.32 Å². The zero-order valence-electron chi connectivity index (χ0n) is 10.1. The summed E-state index contributed by atoms with van der Waals surface area (Å²) in [4.78, 5) is 22.7. The first kappa shape index (κ1) is 12.1. The van der Waals surface area contributed by atoms with E-state index in [2.05, 4.69) is 5.32 Å². The summed E-state index contributed by atoms with van der Waals surface area (Å²) < 4.78 is 0. The Morgan fingerprint density at radius 2 is 2.24 bits per heavy atom. The fourth-order valence-electron chi connectivity index (χ4n) is 2.20. The molecule has 2 aliphatic carbocycles. The minimum absolute atomic E-state index is 0.156. The first-order valence-electron chi connectivity index (χ1n) is 6.39. The molecule has 3 heteroatoms. The van der Waals surface area contributed by atoms with Crippen LogP contribution in [0.25, 0.3) is 0 Å². The molecule has 2 rings (SSSR count). The highest BCUT2D eigenvalue weighted by atomic mass is 16.1. The van der Waals surface area contributed by atoms with Gasteiger partial charge in [0, 0.05) is 19.4 Å². The fraction of sp³-hybridized carbons (Fsp3) is 0.571. The lowest BCUT2D eigenvalue weighted by atomic mass is 9.83. The van der Waals surface area contributed by atoms with Crippen molar-refractivity contribution in [3.8, 4) is 0 Å². The molecule has 0 aromatic heterocycles. The summed E-state index contributed by atoms with van der Waals surface area (Å²) in [6, 6.07) is 0. The Morgan fingerprint density at radius 3 is 2.88 bits per heavy atom. The first-order valence-corrected chi connectivity index (χ1v) is 6.39. The van der Waals surface area contributed by atoms with Crippen LogP contribution >= 0.6 is 0 Å². The van der Waals surface area contributed by atoms with Gasteiger partial charge in [-0.2, -0.15) is 0 Å². The zero-order valence-corrected chi connectivity index (χ0v) is 10.1. The van der Waals surface area contributed by atoms with Gasteiger partial charge in [0.2, 0.25) is 5.91 Å². The molecule has 0 bridgehead atoms. The van der Waals surface area contributed by atoms with Crippen molar-refractivity contribution in [3.63, 3.8) is 0 Å².